The number of aliphatic carboxylic acids is 1. The van der Waals surface area contributed by atoms with E-state index in [0.29, 0.717) is 6.54 Å². The lowest BCUT2D eigenvalue weighted by atomic mass is 9.78. The summed E-state index contributed by atoms with van der Waals surface area (Å²) in [4.78, 5) is 23.3. The summed E-state index contributed by atoms with van der Waals surface area (Å²) in [5.41, 5.74) is 5.70. The van der Waals surface area contributed by atoms with Crippen molar-refractivity contribution >= 4 is 11.9 Å². The number of carbonyl (C=O) groups is 2. The lowest BCUT2D eigenvalue weighted by molar-refractivity contribution is -0.143. The average molecular weight is 254 g/mol. The van der Waals surface area contributed by atoms with Gasteiger partial charge in [-0.05, 0) is 44.1 Å². The average Bonchev–Trinajstić information content (AvgIpc) is 3.19. The number of carboxylic acids is 1. The lowest BCUT2D eigenvalue weighted by Gasteiger charge is -2.30. The first-order valence-corrected chi connectivity index (χ1v) is 6.86. The van der Waals surface area contributed by atoms with Gasteiger partial charge in [0.15, 0.2) is 0 Å². The van der Waals surface area contributed by atoms with E-state index in [2.05, 4.69) is 5.32 Å². The van der Waals surface area contributed by atoms with Crippen molar-refractivity contribution in [3.8, 4) is 0 Å². The molecule has 2 rings (SSSR count). The second-order valence-electron chi connectivity index (χ2n) is 5.55. The summed E-state index contributed by atoms with van der Waals surface area (Å²) in [5.74, 6) is -0.765. The highest BCUT2D eigenvalue weighted by molar-refractivity contribution is 5.85. The quantitative estimate of drug-likeness (QED) is 0.674. The largest absolute Gasteiger partial charge is 0.480 e. The molecule has 2 aliphatic rings. The molecule has 3 atom stereocenters. The van der Waals surface area contributed by atoms with Gasteiger partial charge in [-0.2, -0.15) is 0 Å². The molecule has 0 aromatic rings. The summed E-state index contributed by atoms with van der Waals surface area (Å²) in [5, 5.41) is 11.8. The van der Waals surface area contributed by atoms with Crippen molar-refractivity contribution in [1.82, 2.24) is 5.32 Å². The fraction of sp³-hybridized carbons (Fsp3) is 0.846. The van der Waals surface area contributed by atoms with Crippen molar-refractivity contribution in [3.63, 3.8) is 0 Å². The maximum absolute atomic E-state index is 12.2. The molecular weight excluding hydrogens is 232 g/mol. The first-order chi connectivity index (χ1) is 8.63. The van der Waals surface area contributed by atoms with Crippen molar-refractivity contribution in [2.75, 3.05) is 6.54 Å². The molecule has 2 fully saturated rings. The molecule has 0 bridgehead atoms. The van der Waals surface area contributed by atoms with Gasteiger partial charge in [0.1, 0.15) is 6.04 Å². The van der Waals surface area contributed by atoms with Crippen LogP contribution in [0.3, 0.4) is 0 Å². The third kappa shape index (κ3) is 3.02. The van der Waals surface area contributed by atoms with E-state index in [0.717, 1.165) is 38.5 Å². The molecular formula is C13H22N2O3. The number of carbonyl (C=O) groups excluding carboxylic acids is 1. The summed E-state index contributed by atoms with van der Waals surface area (Å²) in [6.07, 6.45) is 5.79. The van der Waals surface area contributed by atoms with E-state index in [1.165, 1.54) is 0 Å². The van der Waals surface area contributed by atoms with E-state index in [1.54, 1.807) is 0 Å². The molecule has 0 aromatic carbocycles. The Bertz CT molecular complexity index is 328. The van der Waals surface area contributed by atoms with E-state index in [1.807, 2.05) is 0 Å². The van der Waals surface area contributed by atoms with Gasteiger partial charge in [0.2, 0.25) is 5.91 Å². The van der Waals surface area contributed by atoms with Gasteiger partial charge < -0.3 is 16.2 Å². The third-order valence-corrected chi connectivity index (χ3v) is 4.21. The fourth-order valence-corrected chi connectivity index (χ4v) is 2.91. The predicted molar refractivity (Wildman–Crippen MR) is 66.8 cm³/mol. The molecule has 0 aliphatic heterocycles. The fourth-order valence-electron chi connectivity index (χ4n) is 2.91. The second kappa shape index (κ2) is 5.69. The van der Waals surface area contributed by atoms with Gasteiger partial charge in [-0.1, -0.05) is 12.8 Å². The Morgan fingerprint density at radius 1 is 1.22 bits per heavy atom. The molecule has 0 aromatic heterocycles. The van der Waals surface area contributed by atoms with E-state index >= 15 is 0 Å². The SMILES string of the molecule is NCC1CCCCC1C(=O)NC(C(=O)O)C1CC1. The molecule has 3 unspecified atom stereocenters. The van der Waals surface area contributed by atoms with E-state index in [9.17, 15) is 9.59 Å². The molecule has 102 valence electrons. The minimum absolute atomic E-state index is 0.0932. The summed E-state index contributed by atoms with van der Waals surface area (Å²) in [7, 11) is 0. The molecule has 5 heteroatoms. The number of nitrogens with two attached hydrogens (primary N) is 1. The van der Waals surface area contributed by atoms with Crippen molar-refractivity contribution < 1.29 is 14.7 Å². The van der Waals surface area contributed by atoms with Crippen LogP contribution in [0.5, 0.6) is 0 Å². The van der Waals surface area contributed by atoms with Crippen molar-refractivity contribution in [3.05, 3.63) is 0 Å². The van der Waals surface area contributed by atoms with E-state index < -0.39 is 12.0 Å². The van der Waals surface area contributed by atoms with Crippen LogP contribution >= 0.6 is 0 Å². The number of nitrogens with one attached hydrogen (secondary N) is 1. The van der Waals surface area contributed by atoms with Crippen LogP contribution in [0.2, 0.25) is 0 Å². The summed E-state index contributed by atoms with van der Waals surface area (Å²) in [6.45, 7) is 0.513. The second-order valence-corrected chi connectivity index (χ2v) is 5.55. The number of rotatable bonds is 5. The Morgan fingerprint density at radius 3 is 2.44 bits per heavy atom. The molecule has 4 N–H and O–H groups in total. The van der Waals surface area contributed by atoms with E-state index in [-0.39, 0.29) is 23.7 Å². The van der Waals surface area contributed by atoms with Crippen LogP contribution in [0.15, 0.2) is 0 Å². The molecule has 1 amide bonds. The smallest absolute Gasteiger partial charge is 0.326 e. The normalized spacial score (nSPS) is 29.6. The van der Waals surface area contributed by atoms with Crippen molar-refractivity contribution in [2.45, 2.75) is 44.6 Å². The number of hydrogen-bond acceptors (Lipinski definition) is 3. The molecule has 2 aliphatic carbocycles. The summed E-state index contributed by atoms with van der Waals surface area (Å²) < 4.78 is 0. The minimum atomic E-state index is -0.911. The molecule has 0 radical (unpaired) electrons. The summed E-state index contributed by atoms with van der Waals surface area (Å²) >= 11 is 0. The van der Waals surface area contributed by atoms with Gasteiger partial charge in [-0.3, -0.25) is 4.79 Å². The van der Waals surface area contributed by atoms with Gasteiger partial charge in [0.25, 0.3) is 0 Å². The van der Waals surface area contributed by atoms with Gasteiger partial charge in [0, 0.05) is 5.92 Å². The maximum Gasteiger partial charge on any atom is 0.326 e. The van der Waals surface area contributed by atoms with Crippen molar-refractivity contribution in [1.29, 1.82) is 0 Å². The Balaban J connectivity index is 1.94. The number of amides is 1. The number of hydrogen-bond donors (Lipinski definition) is 3. The third-order valence-electron chi connectivity index (χ3n) is 4.21. The van der Waals surface area contributed by atoms with Crippen LogP contribution < -0.4 is 11.1 Å². The van der Waals surface area contributed by atoms with Crippen molar-refractivity contribution in [2.24, 2.45) is 23.5 Å². The first kappa shape index (κ1) is 13.3. The molecule has 18 heavy (non-hydrogen) atoms. The topological polar surface area (TPSA) is 92.4 Å². The predicted octanol–water partition coefficient (Wildman–Crippen LogP) is 0.731. The molecule has 2 saturated carbocycles. The van der Waals surface area contributed by atoms with Gasteiger partial charge >= 0.3 is 5.97 Å². The molecule has 0 spiro atoms. The highest BCUT2D eigenvalue weighted by Gasteiger charge is 2.39. The van der Waals surface area contributed by atoms with Crippen LogP contribution in [0.25, 0.3) is 0 Å². The Kier molecular flexibility index (Phi) is 4.22. The Hall–Kier alpha value is -1.10. The van der Waals surface area contributed by atoms with E-state index in [4.69, 9.17) is 10.8 Å². The Morgan fingerprint density at radius 2 is 1.89 bits per heavy atom. The monoisotopic (exact) mass is 254 g/mol. The lowest BCUT2D eigenvalue weighted by Crippen LogP contribution is -2.47. The summed E-state index contributed by atoms with van der Waals surface area (Å²) in [6, 6.07) is -0.696. The van der Waals surface area contributed by atoms with Gasteiger partial charge in [-0.15, -0.1) is 0 Å². The highest BCUT2D eigenvalue weighted by atomic mass is 16.4. The number of carboxylic acid groups (broad SMARTS) is 1. The highest BCUT2D eigenvalue weighted by Crippen LogP contribution is 2.34. The van der Waals surface area contributed by atoms with Gasteiger partial charge in [0.05, 0.1) is 0 Å². The molecule has 0 heterocycles. The van der Waals surface area contributed by atoms with Gasteiger partial charge in [-0.25, -0.2) is 4.79 Å². The van der Waals surface area contributed by atoms with Crippen LogP contribution in [-0.2, 0) is 9.59 Å². The zero-order chi connectivity index (χ0) is 13.1. The van der Waals surface area contributed by atoms with Crippen LogP contribution in [0.1, 0.15) is 38.5 Å². The van der Waals surface area contributed by atoms with Crippen LogP contribution in [0.4, 0.5) is 0 Å². The minimum Gasteiger partial charge on any atom is -0.480 e. The molecule has 0 saturated heterocycles. The zero-order valence-electron chi connectivity index (χ0n) is 10.6. The van der Waals surface area contributed by atoms with Crippen LogP contribution in [0, 0.1) is 17.8 Å². The molecule has 5 nitrogen and oxygen atoms in total. The Labute approximate surface area is 107 Å². The zero-order valence-corrected chi connectivity index (χ0v) is 10.6. The first-order valence-electron chi connectivity index (χ1n) is 6.86. The van der Waals surface area contributed by atoms with Crippen LogP contribution in [-0.4, -0.2) is 29.6 Å². The standard InChI is InChI=1S/C13H22N2O3/c14-7-9-3-1-2-4-10(9)12(16)15-11(13(17)18)8-5-6-8/h8-11H,1-7,14H2,(H,15,16)(H,17,18). The maximum atomic E-state index is 12.2.